The van der Waals surface area contributed by atoms with Crippen LogP contribution in [-0.4, -0.2) is 30.5 Å². The lowest BCUT2D eigenvalue weighted by Crippen LogP contribution is -2.35. The van der Waals surface area contributed by atoms with Crippen LogP contribution < -0.4 is 10.2 Å². The van der Waals surface area contributed by atoms with Gasteiger partial charge in [-0.1, -0.05) is 30.3 Å². The number of aryl methyl sites for hydroxylation is 2. The van der Waals surface area contributed by atoms with Crippen LogP contribution in [0.2, 0.25) is 0 Å². The molecule has 0 saturated carbocycles. The first-order valence-corrected chi connectivity index (χ1v) is 9.23. The van der Waals surface area contributed by atoms with Gasteiger partial charge in [0.05, 0.1) is 6.42 Å². The summed E-state index contributed by atoms with van der Waals surface area (Å²) in [4.78, 5) is 18.1. The predicted octanol–water partition coefficient (Wildman–Crippen LogP) is 3.97. The Bertz CT molecular complexity index is 897. The largest absolute Gasteiger partial charge is 0.370 e. The lowest BCUT2D eigenvalue weighted by Gasteiger charge is -2.23. The summed E-state index contributed by atoms with van der Waals surface area (Å²) in [6.07, 6.45) is 0.409. The second-order valence-electron chi connectivity index (χ2n) is 6.72. The number of fused-ring (bicyclic) bond motifs is 1. The number of anilines is 1. The molecule has 0 saturated heterocycles. The molecule has 1 amide bonds. The summed E-state index contributed by atoms with van der Waals surface area (Å²) in [5.41, 5.74) is 5.69. The van der Waals surface area contributed by atoms with E-state index in [1.54, 1.807) is 0 Å². The van der Waals surface area contributed by atoms with E-state index >= 15 is 0 Å². The molecule has 0 fully saturated rings. The number of rotatable bonds is 7. The molecule has 1 heterocycles. The van der Waals surface area contributed by atoms with Crippen molar-refractivity contribution in [3.63, 3.8) is 0 Å². The molecule has 0 radical (unpaired) electrons. The van der Waals surface area contributed by atoms with Crippen molar-refractivity contribution in [3.05, 3.63) is 65.4 Å². The summed E-state index contributed by atoms with van der Waals surface area (Å²) in [7, 11) is 0. The SMILES string of the molecule is CCN(CCNC(=O)Cc1c(C)[nH]c2ccccc12)c1cccc(C)c1. The Morgan fingerprint density at radius 2 is 1.92 bits per heavy atom. The quantitative estimate of drug-likeness (QED) is 0.678. The molecule has 4 nitrogen and oxygen atoms in total. The third kappa shape index (κ3) is 4.07. The average molecular weight is 349 g/mol. The van der Waals surface area contributed by atoms with Gasteiger partial charge in [0, 0.05) is 41.9 Å². The summed E-state index contributed by atoms with van der Waals surface area (Å²) in [6, 6.07) is 16.6. The molecule has 0 bridgehead atoms. The molecule has 1 aromatic heterocycles. The average Bonchev–Trinajstić information content (AvgIpc) is 2.94. The Balaban J connectivity index is 1.57. The molecule has 2 aromatic carbocycles. The molecular formula is C22H27N3O. The lowest BCUT2D eigenvalue weighted by atomic mass is 10.1. The van der Waals surface area contributed by atoms with E-state index in [2.05, 4.69) is 59.4 Å². The number of H-pyrrole nitrogens is 1. The molecule has 0 aliphatic carbocycles. The number of likely N-dealkylation sites (N-methyl/N-ethyl adjacent to an activating group) is 1. The van der Waals surface area contributed by atoms with Crippen LogP contribution in [0, 0.1) is 13.8 Å². The first-order valence-electron chi connectivity index (χ1n) is 9.23. The molecule has 3 rings (SSSR count). The Morgan fingerprint density at radius 3 is 2.69 bits per heavy atom. The van der Waals surface area contributed by atoms with Gasteiger partial charge in [0.1, 0.15) is 0 Å². The van der Waals surface area contributed by atoms with Crippen molar-refractivity contribution in [2.75, 3.05) is 24.5 Å². The molecule has 0 spiro atoms. The van der Waals surface area contributed by atoms with Crippen molar-refractivity contribution in [1.29, 1.82) is 0 Å². The van der Waals surface area contributed by atoms with E-state index in [0.717, 1.165) is 35.2 Å². The number of aromatic amines is 1. The van der Waals surface area contributed by atoms with E-state index in [0.29, 0.717) is 13.0 Å². The van der Waals surface area contributed by atoms with Gasteiger partial charge < -0.3 is 15.2 Å². The summed E-state index contributed by atoms with van der Waals surface area (Å²) in [6.45, 7) is 8.63. The van der Waals surface area contributed by atoms with E-state index in [-0.39, 0.29) is 5.91 Å². The monoisotopic (exact) mass is 349 g/mol. The molecule has 0 aliphatic rings. The van der Waals surface area contributed by atoms with E-state index in [1.807, 2.05) is 25.1 Å². The minimum Gasteiger partial charge on any atom is -0.370 e. The fourth-order valence-electron chi connectivity index (χ4n) is 3.41. The zero-order valence-electron chi connectivity index (χ0n) is 15.8. The number of benzene rings is 2. The zero-order chi connectivity index (χ0) is 18.5. The molecular weight excluding hydrogens is 322 g/mol. The van der Waals surface area contributed by atoms with Crippen LogP contribution in [0.5, 0.6) is 0 Å². The van der Waals surface area contributed by atoms with Gasteiger partial charge in [-0.25, -0.2) is 0 Å². The highest BCUT2D eigenvalue weighted by atomic mass is 16.1. The molecule has 0 unspecified atom stereocenters. The summed E-state index contributed by atoms with van der Waals surface area (Å²) in [5, 5.41) is 4.20. The van der Waals surface area contributed by atoms with Crippen LogP contribution in [0.3, 0.4) is 0 Å². The fraction of sp³-hybridized carbons (Fsp3) is 0.318. The first kappa shape index (κ1) is 18.1. The molecule has 3 aromatic rings. The van der Waals surface area contributed by atoms with E-state index < -0.39 is 0 Å². The number of hydrogen-bond donors (Lipinski definition) is 2. The predicted molar refractivity (Wildman–Crippen MR) is 109 cm³/mol. The Labute approximate surface area is 155 Å². The van der Waals surface area contributed by atoms with Crippen molar-refractivity contribution >= 4 is 22.5 Å². The number of carbonyl (C=O) groups is 1. The topological polar surface area (TPSA) is 48.1 Å². The van der Waals surface area contributed by atoms with Crippen LogP contribution in [0.15, 0.2) is 48.5 Å². The first-order chi connectivity index (χ1) is 12.6. The third-order valence-corrected chi connectivity index (χ3v) is 4.82. The highest BCUT2D eigenvalue weighted by Crippen LogP contribution is 2.22. The minimum atomic E-state index is 0.0677. The molecule has 136 valence electrons. The molecule has 0 aliphatic heterocycles. The second-order valence-corrected chi connectivity index (χ2v) is 6.72. The summed E-state index contributed by atoms with van der Waals surface area (Å²) in [5.74, 6) is 0.0677. The highest BCUT2D eigenvalue weighted by Gasteiger charge is 2.12. The molecule has 0 atom stereocenters. The number of nitrogens with one attached hydrogen (secondary N) is 2. The minimum absolute atomic E-state index is 0.0677. The Hall–Kier alpha value is -2.75. The fourth-order valence-corrected chi connectivity index (χ4v) is 3.41. The van der Waals surface area contributed by atoms with Gasteiger partial charge in [-0.15, -0.1) is 0 Å². The smallest absolute Gasteiger partial charge is 0.224 e. The zero-order valence-corrected chi connectivity index (χ0v) is 15.8. The van der Waals surface area contributed by atoms with Gasteiger partial charge in [-0.2, -0.15) is 0 Å². The van der Waals surface area contributed by atoms with Gasteiger partial charge in [0.15, 0.2) is 0 Å². The van der Waals surface area contributed by atoms with Gasteiger partial charge in [-0.05, 0) is 50.1 Å². The standard InChI is InChI=1S/C22H27N3O/c1-4-25(18-9-7-8-16(2)14-18)13-12-23-22(26)15-20-17(3)24-21-11-6-5-10-19(20)21/h5-11,14,24H,4,12-13,15H2,1-3H3,(H,23,26). The van der Waals surface area contributed by atoms with Crippen LogP contribution >= 0.6 is 0 Å². The van der Waals surface area contributed by atoms with Crippen molar-refractivity contribution < 1.29 is 4.79 Å². The number of hydrogen-bond acceptors (Lipinski definition) is 2. The maximum atomic E-state index is 12.4. The van der Waals surface area contributed by atoms with Crippen molar-refractivity contribution in [1.82, 2.24) is 10.3 Å². The lowest BCUT2D eigenvalue weighted by molar-refractivity contribution is -0.120. The van der Waals surface area contributed by atoms with Crippen LogP contribution in [0.1, 0.15) is 23.7 Å². The highest BCUT2D eigenvalue weighted by molar-refractivity contribution is 5.90. The molecule has 4 heteroatoms. The van der Waals surface area contributed by atoms with E-state index in [4.69, 9.17) is 0 Å². The van der Waals surface area contributed by atoms with Crippen molar-refractivity contribution in [3.8, 4) is 0 Å². The van der Waals surface area contributed by atoms with Gasteiger partial charge >= 0.3 is 0 Å². The molecule has 26 heavy (non-hydrogen) atoms. The number of amides is 1. The number of aromatic nitrogens is 1. The Kier molecular flexibility index (Phi) is 5.61. The normalized spacial score (nSPS) is 10.9. The van der Waals surface area contributed by atoms with Crippen molar-refractivity contribution in [2.45, 2.75) is 27.2 Å². The van der Waals surface area contributed by atoms with Gasteiger partial charge in [-0.3, -0.25) is 4.79 Å². The number of carbonyl (C=O) groups excluding carboxylic acids is 1. The maximum absolute atomic E-state index is 12.4. The third-order valence-electron chi connectivity index (χ3n) is 4.82. The van der Waals surface area contributed by atoms with Crippen LogP contribution in [-0.2, 0) is 11.2 Å². The summed E-state index contributed by atoms with van der Waals surface area (Å²) >= 11 is 0. The summed E-state index contributed by atoms with van der Waals surface area (Å²) < 4.78 is 0. The van der Waals surface area contributed by atoms with Gasteiger partial charge in [0.2, 0.25) is 5.91 Å². The number of para-hydroxylation sites is 1. The van der Waals surface area contributed by atoms with Crippen molar-refractivity contribution in [2.24, 2.45) is 0 Å². The molecule has 2 N–H and O–H groups in total. The van der Waals surface area contributed by atoms with E-state index in [9.17, 15) is 4.79 Å². The number of nitrogens with zero attached hydrogens (tertiary/aromatic N) is 1. The van der Waals surface area contributed by atoms with Crippen LogP contribution in [0.25, 0.3) is 10.9 Å². The maximum Gasteiger partial charge on any atom is 0.224 e. The van der Waals surface area contributed by atoms with Crippen LogP contribution in [0.4, 0.5) is 5.69 Å². The Morgan fingerprint density at radius 1 is 1.12 bits per heavy atom. The van der Waals surface area contributed by atoms with E-state index in [1.165, 1.54) is 11.3 Å². The van der Waals surface area contributed by atoms with Gasteiger partial charge in [0.25, 0.3) is 0 Å². The second kappa shape index (κ2) is 8.09.